The first kappa shape index (κ1) is 17.5. The molecule has 2 aromatic heterocycles. The van der Waals surface area contributed by atoms with E-state index in [0.717, 1.165) is 24.1 Å². The summed E-state index contributed by atoms with van der Waals surface area (Å²) < 4.78 is 13.2. The molecule has 3 rings (SSSR count). The van der Waals surface area contributed by atoms with Crippen molar-refractivity contribution in [2.45, 2.75) is 65.2 Å². The highest BCUT2D eigenvalue weighted by Gasteiger charge is 2.36. The van der Waals surface area contributed by atoms with Gasteiger partial charge in [-0.25, -0.2) is 14.3 Å². The maximum Gasteiger partial charge on any atom is 0.410 e. The lowest BCUT2D eigenvalue weighted by Crippen LogP contribution is -2.39. The lowest BCUT2D eigenvalue weighted by molar-refractivity contribution is 0.0223. The average Bonchev–Trinajstić information content (AvgIpc) is 3.08. The number of aromatic nitrogens is 3. The van der Waals surface area contributed by atoms with Crippen LogP contribution in [0.15, 0.2) is 18.5 Å². The number of likely N-dealkylation sites (tertiary alicyclic amines) is 1. The third kappa shape index (κ3) is 4.03. The highest BCUT2D eigenvalue weighted by atomic mass is 16.6. The standard InChI is InChI=1S/C18H26N4O3/c1-6-13-8-14-9-19-16(11-22(14)20-13)24-15-7-12(2)21(10-15)17(23)25-18(3,4)5/h8-9,11-12,15H,6-7,10H2,1-5H3. The van der Waals surface area contributed by atoms with E-state index < -0.39 is 5.60 Å². The maximum atomic E-state index is 12.3. The first-order chi connectivity index (χ1) is 11.7. The molecule has 1 amide bonds. The molecular formula is C18H26N4O3. The summed E-state index contributed by atoms with van der Waals surface area (Å²) in [5.74, 6) is 0.515. The number of rotatable bonds is 3. The third-order valence-electron chi connectivity index (χ3n) is 4.19. The molecule has 2 atom stereocenters. The first-order valence-corrected chi connectivity index (χ1v) is 8.75. The first-order valence-electron chi connectivity index (χ1n) is 8.75. The Kier molecular flexibility index (Phi) is 4.58. The van der Waals surface area contributed by atoms with Crippen LogP contribution in [0.25, 0.3) is 5.52 Å². The number of ether oxygens (including phenoxy) is 2. The summed E-state index contributed by atoms with van der Waals surface area (Å²) in [6.07, 6.45) is 4.77. The Morgan fingerprint density at radius 2 is 2.16 bits per heavy atom. The second kappa shape index (κ2) is 6.54. The quantitative estimate of drug-likeness (QED) is 0.854. The van der Waals surface area contributed by atoms with E-state index in [1.165, 1.54) is 0 Å². The van der Waals surface area contributed by atoms with Crippen LogP contribution in [0.1, 0.15) is 46.7 Å². The molecule has 1 aliphatic heterocycles. The molecule has 0 N–H and O–H groups in total. The number of hydrogen-bond donors (Lipinski definition) is 0. The molecule has 136 valence electrons. The van der Waals surface area contributed by atoms with Gasteiger partial charge in [-0.3, -0.25) is 0 Å². The molecule has 7 nitrogen and oxygen atoms in total. The van der Waals surface area contributed by atoms with Gasteiger partial charge in [-0.2, -0.15) is 5.10 Å². The Labute approximate surface area is 147 Å². The van der Waals surface area contributed by atoms with Gasteiger partial charge >= 0.3 is 6.09 Å². The Hall–Kier alpha value is -2.31. The van der Waals surface area contributed by atoms with Gasteiger partial charge in [-0.1, -0.05) is 6.92 Å². The predicted octanol–water partition coefficient (Wildman–Crippen LogP) is 3.07. The Balaban J connectivity index is 1.66. The molecule has 1 fully saturated rings. The van der Waals surface area contributed by atoms with E-state index in [2.05, 4.69) is 17.0 Å². The molecule has 2 aromatic rings. The minimum absolute atomic E-state index is 0.0694. The van der Waals surface area contributed by atoms with Gasteiger partial charge in [0.05, 0.1) is 30.1 Å². The van der Waals surface area contributed by atoms with Crippen LogP contribution < -0.4 is 4.74 Å². The second-order valence-corrected chi connectivity index (χ2v) is 7.54. The topological polar surface area (TPSA) is 69.0 Å². The molecule has 0 aliphatic carbocycles. The molecule has 0 saturated carbocycles. The van der Waals surface area contributed by atoms with Gasteiger partial charge in [-0.05, 0) is 40.2 Å². The largest absolute Gasteiger partial charge is 0.471 e. The van der Waals surface area contributed by atoms with Crippen molar-refractivity contribution in [2.24, 2.45) is 0 Å². The van der Waals surface area contributed by atoms with Gasteiger partial charge in [0, 0.05) is 12.5 Å². The Morgan fingerprint density at radius 3 is 2.84 bits per heavy atom. The van der Waals surface area contributed by atoms with Gasteiger partial charge in [0.15, 0.2) is 0 Å². The number of carbonyl (C=O) groups is 1. The van der Waals surface area contributed by atoms with Crippen molar-refractivity contribution >= 4 is 11.6 Å². The minimum atomic E-state index is -0.501. The zero-order chi connectivity index (χ0) is 18.2. The molecule has 7 heteroatoms. The van der Waals surface area contributed by atoms with Crippen LogP contribution in [-0.4, -0.2) is 49.9 Å². The average molecular weight is 346 g/mol. The lowest BCUT2D eigenvalue weighted by Gasteiger charge is -2.26. The fourth-order valence-electron chi connectivity index (χ4n) is 2.98. The van der Waals surface area contributed by atoms with E-state index in [1.54, 1.807) is 21.8 Å². The summed E-state index contributed by atoms with van der Waals surface area (Å²) in [5, 5.41) is 4.48. The van der Waals surface area contributed by atoms with Crippen molar-refractivity contribution in [3.05, 3.63) is 24.2 Å². The summed E-state index contributed by atoms with van der Waals surface area (Å²) in [7, 11) is 0. The van der Waals surface area contributed by atoms with Gasteiger partial charge in [0.25, 0.3) is 0 Å². The van der Waals surface area contributed by atoms with E-state index in [0.29, 0.717) is 12.4 Å². The summed E-state index contributed by atoms with van der Waals surface area (Å²) in [4.78, 5) is 18.4. The van der Waals surface area contributed by atoms with Crippen molar-refractivity contribution in [2.75, 3.05) is 6.54 Å². The monoisotopic (exact) mass is 346 g/mol. The van der Waals surface area contributed by atoms with Crippen LogP contribution in [0.5, 0.6) is 5.88 Å². The van der Waals surface area contributed by atoms with E-state index in [-0.39, 0.29) is 18.2 Å². The van der Waals surface area contributed by atoms with Gasteiger partial charge < -0.3 is 14.4 Å². The van der Waals surface area contributed by atoms with E-state index >= 15 is 0 Å². The van der Waals surface area contributed by atoms with E-state index in [9.17, 15) is 4.79 Å². The van der Waals surface area contributed by atoms with Crippen LogP contribution in [0.4, 0.5) is 4.79 Å². The Bertz CT molecular complexity index is 765. The number of aryl methyl sites for hydroxylation is 1. The van der Waals surface area contributed by atoms with E-state index in [4.69, 9.17) is 9.47 Å². The van der Waals surface area contributed by atoms with Gasteiger partial charge in [0.2, 0.25) is 5.88 Å². The minimum Gasteiger partial charge on any atom is -0.471 e. The van der Waals surface area contributed by atoms with Crippen molar-refractivity contribution in [3.8, 4) is 5.88 Å². The van der Waals surface area contributed by atoms with Crippen LogP contribution in [0.2, 0.25) is 0 Å². The zero-order valence-electron chi connectivity index (χ0n) is 15.5. The fourth-order valence-corrected chi connectivity index (χ4v) is 2.98. The number of nitrogens with zero attached hydrogens (tertiary/aromatic N) is 4. The number of fused-ring (bicyclic) bond motifs is 1. The normalized spacial score (nSPS) is 20.9. The highest BCUT2D eigenvalue weighted by molar-refractivity contribution is 5.69. The van der Waals surface area contributed by atoms with Gasteiger partial charge in [0.1, 0.15) is 11.7 Å². The fraction of sp³-hybridized carbons (Fsp3) is 0.611. The molecule has 2 unspecified atom stereocenters. The van der Waals surface area contributed by atoms with Crippen LogP contribution in [-0.2, 0) is 11.2 Å². The summed E-state index contributed by atoms with van der Waals surface area (Å²) in [5.41, 5.74) is 1.46. The molecular weight excluding hydrogens is 320 g/mol. The molecule has 0 spiro atoms. The maximum absolute atomic E-state index is 12.3. The summed E-state index contributed by atoms with van der Waals surface area (Å²) in [6, 6.07) is 2.08. The van der Waals surface area contributed by atoms with E-state index in [1.807, 2.05) is 33.8 Å². The molecule has 1 saturated heterocycles. The number of hydrogen-bond acceptors (Lipinski definition) is 5. The van der Waals surface area contributed by atoms with Crippen molar-refractivity contribution in [3.63, 3.8) is 0 Å². The van der Waals surface area contributed by atoms with Crippen LogP contribution >= 0.6 is 0 Å². The molecule has 0 bridgehead atoms. The van der Waals surface area contributed by atoms with Crippen molar-refractivity contribution in [1.82, 2.24) is 19.5 Å². The molecule has 1 aliphatic rings. The summed E-state index contributed by atoms with van der Waals surface area (Å²) in [6.45, 7) is 10.2. The lowest BCUT2D eigenvalue weighted by atomic mass is 10.2. The molecule has 0 aromatic carbocycles. The van der Waals surface area contributed by atoms with Crippen LogP contribution in [0, 0.1) is 0 Å². The highest BCUT2D eigenvalue weighted by Crippen LogP contribution is 2.24. The van der Waals surface area contributed by atoms with Crippen molar-refractivity contribution in [1.29, 1.82) is 0 Å². The Morgan fingerprint density at radius 1 is 1.40 bits per heavy atom. The second-order valence-electron chi connectivity index (χ2n) is 7.54. The number of amides is 1. The van der Waals surface area contributed by atoms with Crippen LogP contribution in [0.3, 0.4) is 0 Å². The third-order valence-corrected chi connectivity index (χ3v) is 4.19. The summed E-state index contributed by atoms with van der Waals surface area (Å²) >= 11 is 0. The smallest absolute Gasteiger partial charge is 0.410 e. The van der Waals surface area contributed by atoms with Crippen molar-refractivity contribution < 1.29 is 14.3 Å². The molecule has 3 heterocycles. The SMILES string of the molecule is CCc1cc2cnc(OC3CC(C)N(C(=O)OC(C)(C)C)C3)cn2n1. The molecule has 25 heavy (non-hydrogen) atoms. The van der Waals surface area contributed by atoms with Gasteiger partial charge in [-0.15, -0.1) is 0 Å². The number of carbonyl (C=O) groups excluding carboxylic acids is 1. The predicted molar refractivity (Wildman–Crippen MR) is 93.8 cm³/mol. The zero-order valence-corrected chi connectivity index (χ0v) is 15.5. The molecule has 0 radical (unpaired) electrons.